The van der Waals surface area contributed by atoms with E-state index in [1.807, 2.05) is 79.0 Å². The molecule has 1 spiro atoms. The van der Waals surface area contributed by atoms with Crippen molar-refractivity contribution in [3.05, 3.63) is 166 Å². The zero-order valence-corrected chi connectivity index (χ0v) is 60.5. The molecule has 3 fully saturated rings. The number of methoxy groups -OCH3 is 2. The molecule has 0 bridgehead atoms. The molecule has 558 valence electrons. The molecular formula is C81H88N10O16. The van der Waals surface area contributed by atoms with E-state index in [1.165, 1.54) is 6.92 Å². The molecule has 107 heavy (non-hydrogen) atoms. The first kappa shape index (κ1) is 73.7. The van der Waals surface area contributed by atoms with Gasteiger partial charge in [0.15, 0.2) is 29.2 Å². The van der Waals surface area contributed by atoms with Crippen LogP contribution >= 0.6 is 0 Å². The maximum Gasteiger partial charge on any atom is 0.416 e. The molecule has 0 aromatic heterocycles. The molecule has 1 saturated heterocycles. The van der Waals surface area contributed by atoms with Gasteiger partial charge in [-0.25, -0.2) is 9.69 Å². The monoisotopic (exact) mass is 1460 g/mol. The van der Waals surface area contributed by atoms with E-state index in [0.717, 1.165) is 58.6 Å². The van der Waals surface area contributed by atoms with E-state index in [2.05, 4.69) is 43.7 Å². The lowest BCUT2D eigenvalue weighted by molar-refractivity contribution is -0.132. The number of aliphatic hydroxyl groups excluding tert-OH is 1. The minimum atomic E-state index is -1.47. The molecule has 6 aromatic rings. The Labute approximate surface area is 620 Å². The first-order chi connectivity index (χ1) is 51.7. The molecule has 5 atom stereocenters. The van der Waals surface area contributed by atoms with Crippen molar-refractivity contribution in [2.24, 2.45) is 11.3 Å². The van der Waals surface area contributed by atoms with E-state index in [-0.39, 0.29) is 79.1 Å². The van der Waals surface area contributed by atoms with Gasteiger partial charge >= 0.3 is 6.09 Å². The Hall–Kier alpha value is -11.6. The molecule has 2 aliphatic carbocycles. The molecule has 26 nitrogen and oxygen atoms in total. The van der Waals surface area contributed by atoms with Crippen LogP contribution in [0.25, 0.3) is 5.57 Å². The Morgan fingerprint density at radius 3 is 2.10 bits per heavy atom. The summed E-state index contributed by atoms with van der Waals surface area (Å²) in [5.41, 5.74) is 7.25. The standard InChI is InChI=1S/C81H88N10O16/c1-48(2)74(87-72(94)43-84-71(93)42-83-70(92)29-30-73(95)89-44-54-15-8-7-13-51(54)19-20-53-14-9-10-16-63(53)89)76(97)85-49(3)75(96)86-56-23-17-50(18-24-56)46-106-80(101)91-64-39-68(69(107-59-27-28-59)37-61(64)78(99)90-47-81(31-32-81)40-65(90)79(91)100)105-34-12-6-11-33-104-67-38-62-60(36-66(67)103-5)77(98)88-45-55(35-57(88)41-82-62)52-21-25-58(102-4)26-22-52/h7-10,13-18,21-26,36-39,45,48-49,57,59,65,74,79,82,100H,6,11-12,27-35,40-44,46-47H2,1-5H3,(H,83,92)(H,84,93)(H,85,97)(H,86,96)(H,87,94)/t49-,57-,65-,74-,79?/m0/s1. The van der Waals surface area contributed by atoms with E-state index in [0.29, 0.717) is 109 Å². The zero-order chi connectivity index (χ0) is 75.0. The summed E-state index contributed by atoms with van der Waals surface area (Å²) in [5.74, 6) is 4.30. The molecule has 2 saturated carbocycles. The van der Waals surface area contributed by atoms with Crippen LogP contribution in [0.15, 0.2) is 128 Å². The van der Waals surface area contributed by atoms with Gasteiger partial charge in [0, 0.05) is 61.1 Å². The van der Waals surface area contributed by atoms with Gasteiger partial charge in [-0.3, -0.25) is 38.4 Å². The largest absolute Gasteiger partial charge is 0.497 e. The number of nitrogens with one attached hydrogen (secondary N) is 6. The van der Waals surface area contributed by atoms with Crippen molar-refractivity contribution in [2.45, 2.75) is 141 Å². The molecule has 0 radical (unpaired) electrons. The molecular weight excluding hydrogens is 1370 g/mol. The topological polar surface area (TPSA) is 314 Å². The number of hydrogen-bond donors (Lipinski definition) is 7. The van der Waals surface area contributed by atoms with Crippen molar-refractivity contribution in [1.29, 1.82) is 0 Å². The van der Waals surface area contributed by atoms with Crippen LogP contribution in [0.2, 0.25) is 0 Å². The molecule has 7 aliphatic rings. The highest BCUT2D eigenvalue weighted by Crippen LogP contribution is 2.57. The fourth-order valence-corrected chi connectivity index (χ4v) is 14.0. The summed E-state index contributed by atoms with van der Waals surface area (Å²) in [7, 11) is 3.17. The Bertz CT molecular complexity index is 4520. The van der Waals surface area contributed by atoms with Gasteiger partial charge in [-0.15, -0.1) is 0 Å². The lowest BCUT2D eigenvalue weighted by Crippen LogP contribution is -2.55. The normalized spacial score (nSPS) is 18.2. The molecule has 9 amide bonds. The molecule has 7 N–H and O–H groups in total. The lowest BCUT2D eigenvalue weighted by Gasteiger charge is -2.31. The van der Waals surface area contributed by atoms with Crippen molar-refractivity contribution in [2.75, 3.05) is 74.0 Å². The third kappa shape index (κ3) is 17.2. The minimum absolute atomic E-state index is 0.0730. The first-order valence-corrected chi connectivity index (χ1v) is 36.4. The highest BCUT2D eigenvalue weighted by atomic mass is 16.6. The van der Waals surface area contributed by atoms with Crippen LogP contribution in [-0.2, 0) is 46.7 Å². The SMILES string of the molecule is COc1ccc(C2=CN3C(=O)c4cc(OC)c(OCCCCCOc5cc6c(cc5OC5CC5)C(=O)N5CC7(CC7)C[C@H]5C(O)N6C(=O)OCc5ccc(NC(=O)[C@H](C)NC(=O)[C@@H](NC(=O)CNC(=O)CNC(=O)CCC(=O)N6Cc7ccccc7C#Cc7ccccc76)C(C)C)cc5)cc4NC[C@@H]3C2)cc1. The van der Waals surface area contributed by atoms with E-state index in [4.69, 9.17) is 28.4 Å². The minimum Gasteiger partial charge on any atom is -0.497 e. The predicted octanol–water partition coefficient (Wildman–Crippen LogP) is 8.57. The van der Waals surface area contributed by atoms with Crippen molar-refractivity contribution in [3.8, 4) is 40.6 Å². The van der Waals surface area contributed by atoms with Crippen LogP contribution in [0.5, 0.6) is 28.7 Å². The predicted molar refractivity (Wildman–Crippen MR) is 396 cm³/mol. The quantitative estimate of drug-likeness (QED) is 0.0179. The summed E-state index contributed by atoms with van der Waals surface area (Å²) < 4.78 is 36.1. The van der Waals surface area contributed by atoms with Gasteiger partial charge in [0.25, 0.3) is 11.8 Å². The van der Waals surface area contributed by atoms with Crippen molar-refractivity contribution in [3.63, 3.8) is 0 Å². The van der Waals surface area contributed by atoms with E-state index < -0.39 is 79.0 Å². The summed E-state index contributed by atoms with van der Waals surface area (Å²) >= 11 is 0. The van der Waals surface area contributed by atoms with E-state index >= 15 is 0 Å². The number of carbonyl (C=O) groups is 9. The van der Waals surface area contributed by atoms with Crippen LogP contribution in [0.1, 0.15) is 140 Å². The second-order valence-corrected chi connectivity index (χ2v) is 28.5. The third-order valence-corrected chi connectivity index (χ3v) is 20.4. The smallest absolute Gasteiger partial charge is 0.416 e. The highest BCUT2D eigenvalue weighted by Gasteiger charge is 2.58. The number of hydrogen-bond acceptors (Lipinski definition) is 17. The number of nitrogens with zero attached hydrogens (tertiary/aromatic N) is 4. The molecule has 1 unspecified atom stereocenters. The average molecular weight is 1460 g/mol. The Balaban J connectivity index is 0.569. The number of carbonyl (C=O) groups excluding carboxylic acids is 9. The van der Waals surface area contributed by atoms with Gasteiger partial charge in [0.05, 0.1) is 93.4 Å². The van der Waals surface area contributed by atoms with Gasteiger partial charge in [-0.2, -0.15) is 0 Å². The molecule has 5 heterocycles. The lowest BCUT2D eigenvalue weighted by atomic mass is 10.0. The Morgan fingerprint density at radius 2 is 1.38 bits per heavy atom. The highest BCUT2D eigenvalue weighted by molar-refractivity contribution is 6.07. The summed E-state index contributed by atoms with van der Waals surface area (Å²) in [6.45, 7) is 5.47. The number of fused-ring (bicyclic) bond motifs is 6. The second kappa shape index (κ2) is 32.4. The Morgan fingerprint density at radius 1 is 0.692 bits per heavy atom. The van der Waals surface area contributed by atoms with Crippen LogP contribution in [0, 0.1) is 23.2 Å². The number of amides is 9. The average Bonchev–Trinajstić information content (AvgIpc) is 1.57. The molecule has 5 aliphatic heterocycles. The summed E-state index contributed by atoms with van der Waals surface area (Å²) in [5, 5.41) is 28.7. The Kier molecular flexibility index (Phi) is 22.3. The number of aliphatic hydroxyl groups is 1. The van der Waals surface area contributed by atoms with Gasteiger partial charge in [0.2, 0.25) is 35.4 Å². The van der Waals surface area contributed by atoms with Crippen LogP contribution in [0.3, 0.4) is 0 Å². The van der Waals surface area contributed by atoms with Crippen LogP contribution in [-0.4, -0.2) is 158 Å². The van der Waals surface area contributed by atoms with Crippen molar-refractivity contribution >= 4 is 81.7 Å². The molecule has 6 aromatic carbocycles. The fraction of sp³-hybridized carbons (Fsp3) is 0.395. The second-order valence-electron chi connectivity index (χ2n) is 28.5. The number of unbranched alkanes of at least 4 members (excludes halogenated alkanes) is 2. The number of anilines is 4. The van der Waals surface area contributed by atoms with Crippen LogP contribution < -0.4 is 65.4 Å². The summed E-state index contributed by atoms with van der Waals surface area (Å²) in [4.78, 5) is 129. The first-order valence-electron chi connectivity index (χ1n) is 36.4. The maximum absolute atomic E-state index is 14.7. The van der Waals surface area contributed by atoms with Crippen molar-refractivity contribution in [1.82, 2.24) is 31.1 Å². The zero-order valence-electron chi connectivity index (χ0n) is 60.5. The molecule has 26 heteroatoms. The molecule has 13 rings (SSSR count). The maximum atomic E-state index is 14.7. The van der Waals surface area contributed by atoms with Crippen LogP contribution in [0.4, 0.5) is 27.5 Å². The number of rotatable bonds is 28. The van der Waals surface area contributed by atoms with E-state index in [9.17, 15) is 48.3 Å². The van der Waals surface area contributed by atoms with Gasteiger partial charge in [-0.1, -0.05) is 80.3 Å². The van der Waals surface area contributed by atoms with Gasteiger partial charge < -0.3 is 80.1 Å². The van der Waals surface area contributed by atoms with Crippen molar-refractivity contribution < 1.29 is 76.7 Å². The van der Waals surface area contributed by atoms with Gasteiger partial charge in [0.1, 0.15) is 24.4 Å². The number of benzene rings is 6. The number of ether oxygens (including phenoxy) is 6. The fourth-order valence-electron chi connectivity index (χ4n) is 14.0. The summed E-state index contributed by atoms with van der Waals surface area (Å²) in [6.07, 6.45) is 5.76. The number of para-hydroxylation sites is 1. The summed E-state index contributed by atoms with van der Waals surface area (Å²) in [6, 6.07) is 32.9. The van der Waals surface area contributed by atoms with E-state index in [1.54, 1.807) is 91.3 Å². The van der Waals surface area contributed by atoms with Gasteiger partial charge in [-0.05, 0) is 153 Å². The third-order valence-electron chi connectivity index (χ3n) is 20.4.